The van der Waals surface area contributed by atoms with Gasteiger partial charge in [-0.05, 0) is 6.42 Å². The third-order valence-corrected chi connectivity index (χ3v) is 1.37. The summed E-state index contributed by atoms with van der Waals surface area (Å²) in [5, 5.41) is 16.5. The number of hydrogen-bond acceptors (Lipinski definition) is 2. The Kier molecular flexibility index (Phi) is 13.1. The molecule has 0 unspecified atom stereocenters. The van der Waals surface area contributed by atoms with Crippen molar-refractivity contribution in [2.45, 2.75) is 32.1 Å². The summed E-state index contributed by atoms with van der Waals surface area (Å²) >= 11 is 0. The molecule has 0 amide bonds. The van der Waals surface area contributed by atoms with Crippen molar-refractivity contribution in [2.24, 2.45) is 0 Å². The normalized spacial score (nSPS) is 8.92. The van der Waals surface area contributed by atoms with E-state index in [0.29, 0.717) is 12.8 Å². The second kappa shape index (κ2) is 10.7. The molecule has 70 valence electrons. The maximum Gasteiger partial charge on any atom is 1.00 e. The predicted octanol–water partition coefficient (Wildman–Crippen LogP) is -1.69. The third-order valence-electron chi connectivity index (χ3n) is 1.37. The van der Waals surface area contributed by atoms with E-state index in [1.165, 1.54) is 0 Å². The molecular formula is C8H13KO4. The molecule has 0 bridgehead atoms. The predicted molar refractivity (Wildman–Crippen MR) is 42.7 cm³/mol. The van der Waals surface area contributed by atoms with Crippen molar-refractivity contribution < 1.29 is 71.2 Å². The molecule has 0 rings (SSSR count). The van der Waals surface area contributed by atoms with Crippen LogP contribution in [-0.2, 0) is 9.59 Å². The second-order valence-corrected chi connectivity index (χ2v) is 2.53. The molecule has 0 aliphatic rings. The van der Waals surface area contributed by atoms with Crippen molar-refractivity contribution in [3.8, 4) is 0 Å². The Morgan fingerprint density at radius 3 is 2.15 bits per heavy atom. The molecule has 0 heterocycles. The van der Waals surface area contributed by atoms with Gasteiger partial charge in [0.2, 0.25) is 0 Å². The fraction of sp³-hybridized carbons (Fsp3) is 0.625. The Morgan fingerprint density at radius 1 is 1.08 bits per heavy atom. The van der Waals surface area contributed by atoms with Crippen molar-refractivity contribution >= 4 is 11.9 Å². The van der Waals surface area contributed by atoms with Gasteiger partial charge < -0.3 is 16.6 Å². The van der Waals surface area contributed by atoms with E-state index in [1.54, 1.807) is 6.42 Å². The standard InChI is InChI=1S/C8H13O4.K/c9-7(10)5-3-1-2-4-6-8(11)12;/h3H,1-2,4-6H2,(H,9,10)(H,11,12);/q-1;+1. The van der Waals surface area contributed by atoms with Gasteiger partial charge in [0.15, 0.2) is 0 Å². The van der Waals surface area contributed by atoms with E-state index in [2.05, 4.69) is 0 Å². The average Bonchev–Trinajstić information content (AvgIpc) is 1.95. The van der Waals surface area contributed by atoms with Crippen LogP contribution in [0, 0.1) is 6.42 Å². The molecule has 4 nitrogen and oxygen atoms in total. The summed E-state index contributed by atoms with van der Waals surface area (Å²) in [5.41, 5.74) is 0. The van der Waals surface area contributed by atoms with Crippen LogP contribution in [0.4, 0.5) is 0 Å². The zero-order chi connectivity index (χ0) is 9.40. The molecule has 13 heavy (non-hydrogen) atoms. The molecule has 0 atom stereocenters. The van der Waals surface area contributed by atoms with Gasteiger partial charge in [-0.3, -0.25) is 9.59 Å². The first-order valence-electron chi connectivity index (χ1n) is 3.88. The summed E-state index contributed by atoms with van der Waals surface area (Å²) in [7, 11) is 0. The largest absolute Gasteiger partial charge is 1.00 e. The maximum absolute atomic E-state index is 10.0. The van der Waals surface area contributed by atoms with Gasteiger partial charge in [-0.1, -0.05) is 12.8 Å². The van der Waals surface area contributed by atoms with E-state index in [4.69, 9.17) is 10.2 Å². The van der Waals surface area contributed by atoms with Crippen LogP contribution in [0.2, 0.25) is 0 Å². The van der Waals surface area contributed by atoms with Crippen molar-refractivity contribution in [2.75, 3.05) is 0 Å². The molecule has 0 aromatic rings. The number of hydrogen-bond donors (Lipinski definition) is 2. The molecule has 0 radical (unpaired) electrons. The minimum absolute atomic E-state index is 0. The Labute approximate surface area is 120 Å². The van der Waals surface area contributed by atoms with E-state index < -0.39 is 11.9 Å². The second-order valence-electron chi connectivity index (χ2n) is 2.53. The summed E-state index contributed by atoms with van der Waals surface area (Å²) in [6.07, 6.45) is 3.93. The van der Waals surface area contributed by atoms with Crippen LogP contribution in [0.1, 0.15) is 32.1 Å². The van der Waals surface area contributed by atoms with Crippen LogP contribution in [0.3, 0.4) is 0 Å². The molecule has 0 aliphatic heterocycles. The molecule has 0 spiro atoms. The molecular weight excluding hydrogens is 199 g/mol. The van der Waals surface area contributed by atoms with E-state index in [0.717, 1.165) is 6.42 Å². The Morgan fingerprint density at radius 2 is 1.69 bits per heavy atom. The van der Waals surface area contributed by atoms with Gasteiger partial charge in [0.1, 0.15) is 0 Å². The fourth-order valence-electron chi connectivity index (χ4n) is 0.790. The van der Waals surface area contributed by atoms with Gasteiger partial charge in [0.25, 0.3) is 5.97 Å². The number of carboxylic acid groups (broad SMARTS) is 2. The summed E-state index contributed by atoms with van der Waals surface area (Å²) < 4.78 is 0. The minimum atomic E-state index is -0.840. The number of carbonyl (C=O) groups is 2. The van der Waals surface area contributed by atoms with Gasteiger partial charge in [0, 0.05) is 6.42 Å². The Bertz CT molecular complexity index is 140. The SMILES string of the molecule is O=C(O)C[CH-]CCCCC(=O)O.[K+]. The van der Waals surface area contributed by atoms with Crippen molar-refractivity contribution in [3.05, 3.63) is 6.42 Å². The number of rotatable bonds is 7. The topological polar surface area (TPSA) is 74.6 Å². The monoisotopic (exact) mass is 212 g/mol. The first-order chi connectivity index (χ1) is 5.63. The number of unbranched alkanes of at least 4 members (excludes halogenated alkanes) is 3. The quantitative estimate of drug-likeness (QED) is 0.300. The van der Waals surface area contributed by atoms with Gasteiger partial charge in [0.05, 0.1) is 0 Å². The van der Waals surface area contributed by atoms with Crippen LogP contribution in [-0.4, -0.2) is 22.2 Å². The zero-order valence-electron chi connectivity index (χ0n) is 7.82. The van der Waals surface area contributed by atoms with E-state index in [1.807, 2.05) is 0 Å². The summed E-state index contributed by atoms with van der Waals surface area (Å²) in [6.45, 7) is 0. The van der Waals surface area contributed by atoms with Crippen LogP contribution in [0.5, 0.6) is 0 Å². The van der Waals surface area contributed by atoms with Crippen LogP contribution in [0.15, 0.2) is 0 Å². The van der Waals surface area contributed by atoms with Crippen molar-refractivity contribution in [3.63, 3.8) is 0 Å². The smallest absolute Gasteiger partial charge is 0.483 e. The van der Waals surface area contributed by atoms with E-state index in [-0.39, 0.29) is 64.2 Å². The van der Waals surface area contributed by atoms with Crippen molar-refractivity contribution in [1.29, 1.82) is 0 Å². The first kappa shape index (κ1) is 16.0. The molecule has 0 fully saturated rings. The average molecular weight is 212 g/mol. The number of carboxylic acids is 2. The minimum Gasteiger partial charge on any atom is -0.483 e. The molecule has 0 aromatic heterocycles. The molecule has 2 N–H and O–H groups in total. The van der Waals surface area contributed by atoms with E-state index in [9.17, 15) is 9.59 Å². The van der Waals surface area contributed by atoms with Gasteiger partial charge in [-0.25, -0.2) is 0 Å². The van der Waals surface area contributed by atoms with Gasteiger partial charge in [-0.15, -0.1) is 0 Å². The third kappa shape index (κ3) is 15.3. The Hall–Kier alpha value is 0.576. The maximum atomic E-state index is 10.0. The van der Waals surface area contributed by atoms with Crippen LogP contribution >= 0.6 is 0 Å². The van der Waals surface area contributed by atoms with Gasteiger partial charge >= 0.3 is 57.4 Å². The summed E-state index contributed by atoms with van der Waals surface area (Å²) in [5.74, 6) is -1.64. The fourth-order valence-corrected chi connectivity index (χ4v) is 0.790. The van der Waals surface area contributed by atoms with Crippen LogP contribution in [0.25, 0.3) is 0 Å². The van der Waals surface area contributed by atoms with E-state index >= 15 is 0 Å². The molecule has 0 aliphatic carbocycles. The van der Waals surface area contributed by atoms with Crippen molar-refractivity contribution in [1.82, 2.24) is 0 Å². The van der Waals surface area contributed by atoms with Gasteiger partial charge in [-0.2, -0.15) is 6.42 Å². The molecule has 0 saturated heterocycles. The summed E-state index contributed by atoms with van der Waals surface area (Å²) in [4.78, 5) is 20.1. The number of aliphatic carboxylic acids is 2. The first-order valence-corrected chi connectivity index (χ1v) is 3.88. The summed E-state index contributed by atoms with van der Waals surface area (Å²) in [6, 6.07) is 0. The molecule has 5 heteroatoms. The molecule has 0 saturated carbocycles. The Balaban J connectivity index is 0. The molecule has 0 aromatic carbocycles. The zero-order valence-corrected chi connectivity index (χ0v) is 10.9. The van der Waals surface area contributed by atoms with Crippen LogP contribution < -0.4 is 51.4 Å².